The summed E-state index contributed by atoms with van der Waals surface area (Å²) in [4.78, 5) is 1.38. The Hall–Kier alpha value is -2.04. The molecule has 4 heteroatoms. The molecule has 158 valence electrons. The number of ether oxygens (including phenoxy) is 1. The van der Waals surface area contributed by atoms with Crippen molar-refractivity contribution in [2.75, 3.05) is 26.3 Å². The maximum absolute atomic E-state index is 11.1. The van der Waals surface area contributed by atoms with Crippen LogP contribution in [0.5, 0.6) is 11.5 Å². The van der Waals surface area contributed by atoms with Crippen molar-refractivity contribution in [1.82, 2.24) is 0 Å². The highest BCUT2D eigenvalue weighted by Gasteiger charge is 2.34. The van der Waals surface area contributed by atoms with Crippen LogP contribution in [-0.4, -0.2) is 36.5 Å². The predicted octanol–water partition coefficient (Wildman–Crippen LogP) is 3.70. The maximum atomic E-state index is 11.1. The van der Waals surface area contributed by atoms with Crippen LogP contribution in [0.1, 0.15) is 69.8 Å². The van der Waals surface area contributed by atoms with Gasteiger partial charge in [0.15, 0.2) is 0 Å². The van der Waals surface area contributed by atoms with E-state index in [2.05, 4.69) is 53.7 Å². The number of benzene rings is 2. The fourth-order valence-corrected chi connectivity index (χ4v) is 4.26. The van der Waals surface area contributed by atoms with Crippen molar-refractivity contribution < 1.29 is 19.8 Å². The Labute approximate surface area is 175 Å². The number of para-hydroxylation sites is 1. The van der Waals surface area contributed by atoms with Crippen molar-refractivity contribution in [3.05, 3.63) is 58.7 Å². The fraction of sp³-hybridized carbons (Fsp3) is 0.520. The SMILES string of the molecule is CC(C)(C)c1cc([C@@H](c2ccccc2O)[NH+]2CCOCC2)cc(C(C)(C)C)c1O. The molecule has 1 aliphatic rings. The number of aromatic hydroxyl groups is 2. The summed E-state index contributed by atoms with van der Waals surface area (Å²) in [6.45, 7) is 16.0. The number of rotatable bonds is 3. The number of phenols is 2. The van der Waals surface area contributed by atoms with Crippen molar-refractivity contribution in [3.63, 3.8) is 0 Å². The van der Waals surface area contributed by atoms with Gasteiger partial charge in [0.2, 0.25) is 0 Å². The lowest BCUT2D eigenvalue weighted by Gasteiger charge is -2.35. The number of quaternary nitrogens is 1. The fourth-order valence-electron chi connectivity index (χ4n) is 4.26. The van der Waals surface area contributed by atoms with Crippen LogP contribution in [0.4, 0.5) is 0 Å². The molecule has 0 spiro atoms. The van der Waals surface area contributed by atoms with Gasteiger partial charge in [-0.3, -0.25) is 0 Å². The van der Waals surface area contributed by atoms with Gasteiger partial charge in [-0.1, -0.05) is 53.7 Å². The zero-order valence-corrected chi connectivity index (χ0v) is 18.7. The largest absolute Gasteiger partial charge is 0.507 e. The Kier molecular flexibility index (Phi) is 5.98. The van der Waals surface area contributed by atoms with Gasteiger partial charge in [-0.05, 0) is 35.1 Å². The van der Waals surface area contributed by atoms with E-state index in [9.17, 15) is 10.2 Å². The monoisotopic (exact) mass is 398 g/mol. The van der Waals surface area contributed by atoms with Crippen LogP contribution in [0.15, 0.2) is 36.4 Å². The van der Waals surface area contributed by atoms with E-state index in [4.69, 9.17) is 4.74 Å². The minimum Gasteiger partial charge on any atom is -0.507 e. The maximum Gasteiger partial charge on any atom is 0.143 e. The molecule has 1 heterocycles. The zero-order chi connectivity index (χ0) is 21.4. The van der Waals surface area contributed by atoms with Gasteiger partial charge >= 0.3 is 0 Å². The van der Waals surface area contributed by atoms with Gasteiger partial charge in [0.05, 0.1) is 18.8 Å². The lowest BCUT2D eigenvalue weighted by molar-refractivity contribution is -0.933. The lowest BCUT2D eigenvalue weighted by Crippen LogP contribution is -3.14. The summed E-state index contributed by atoms with van der Waals surface area (Å²) in [5.41, 5.74) is 3.58. The van der Waals surface area contributed by atoms with E-state index in [1.807, 2.05) is 18.2 Å². The van der Waals surface area contributed by atoms with Crippen molar-refractivity contribution in [2.45, 2.75) is 58.4 Å². The third-order valence-electron chi connectivity index (χ3n) is 5.87. The predicted molar refractivity (Wildman–Crippen MR) is 117 cm³/mol. The van der Waals surface area contributed by atoms with Crippen molar-refractivity contribution in [2.24, 2.45) is 0 Å². The molecule has 2 aromatic carbocycles. The second-order valence-electron chi connectivity index (χ2n) is 10.2. The van der Waals surface area contributed by atoms with Gasteiger partial charge in [-0.25, -0.2) is 0 Å². The quantitative estimate of drug-likeness (QED) is 0.739. The van der Waals surface area contributed by atoms with E-state index in [0.29, 0.717) is 11.5 Å². The first-order chi connectivity index (χ1) is 13.5. The summed E-state index contributed by atoms with van der Waals surface area (Å²) >= 11 is 0. The summed E-state index contributed by atoms with van der Waals surface area (Å²) < 4.78 is 5.60. The Morgan fingerprint density at radius 2 is 1.38 bits per heavy atom. The molecule has 1 fully saturated rings. The first-order valence-corrected chi connectivity index (χ1v) is 10.6. The average Bonchev–Trinajstić information content (AvgIpc) is 2.63. The molecule has 1 saturated heterocycles. The van der Waals surface area contributed by atoms with Gasteiger partial charge in [-0.15, -0.1) is 0 Å². The summed E-state index contributed by atoms with van der Waals surface area (Å²) in [6.07, 6.45) is 0. The molecule has 0 amide bonds. The van der Waals surface area contributed by atoms with Crippen molar-refractivity contribution in [3.8, 4) is 11.5 Å². The molecule has 3 rings (SSSR count). The van der Waals surface area contributed by atoms with E-state index in [0.717, 1.165) is 48.6 Å². The molecular formula is C25H36NO3+. The standard InChI is InChI=1S/C25H35NO3/c1-24(2,3)19-15-17(16-20(23(19)28)25(4,5)6)22(26-11-13-29-14-12-26)18-9-7-8-10-21(18)27/h7-10,15-16,22,27-28H,11-14H2,1-6H3/p+1/t22-/m0/s1. The summed E-state index contributed by atoms with van der Waals surface area (Å²) in [6, 6.07) is 11.9. The minimum atomic E-state index is -0.191. The highest BCUT2D eigenvalue weighted by molar-refractivity contribution is 5.52. The summed E-state index contributed by atoms with van der Waals surface area (Å²) in [5.74, 6) is 0.709. The van der Waals surface area contributed by atoms with Crippen LogP contribution in [-0.2, 0) is 15.6 Å². The van der Waals surface area contributed by atoms with E-state index in [1.165, 1.54) is 4.90 Å². The van der Waals surface area contributed by atoms with E-state index in [-0.39, 0.29) is 16.9 Å². The van der Waals surface area contributed by atoms with Crippen LogP contribution in [0, 0.1) is 0 Å². The highest BCUT2D eigenvalue weighted by atomic mass is 16.5. The highest BCUT2D eigenvalue weighted by Crippen LogP contribution is 2.42. The van der Waals surface area contributed by atoms with Crippen LogP contribution in [0.2, 0.25) is 0 Å². The summed E-state index contributed by atoms with van der Waals surface area (Å²) in [7, 11) is 0. The Bertz CT molecular complexity index is 820. The van der Waals surface area contributed by atoms with Crippen molar-refractivity contribution in [1.29, 1.82) is 0 Å². The zero-order valence-electron chi connectivity index (χ0n) is 18.7. The molecular weight excluding hydrogens is 362 g/mol. The van der Waals surface area contributed by atoms with Gasteiger partial charge in [-0.2, -0.15) is 0 Å². The molecule has 0 aromatic heterocycles. The van der Waals surface area contributed by atoms with Crippen LogP contribution in [0.25, 0.3) is 0 Å². The van der Waals surface area contributed by atoms with E-state index < -0.39 is 0 Å². The van der Waals surface area contributed by atoms with Gasteiger partial charge in [0.25, 0.3) is 0 Å². The van der Waals surface area contributed by atoms with E-state index >= 15 is 0 Å². The molecule has 1 aliphatic heterocycles. The van der Waals surface area contributed by atoms with Crippen molar-refractivity contribution >= 4 is 0 Å². The second-order valence-corrected chi connectivity index (χ2v) is 10.2. The number of phenolic OH excluding ortho intramolecular Hbond substituents is 2. The van der Waals surface area contributed by atoms with Gasteiger partial charge in [0.1, 0.15) is 30.6 Å². The molecule has 1 atom stereocenters. The number of hydrogen-bond donors (Lipinski definition) is 3. The topological polar surface area (TPSA) is 54.1 Å². The molecule has 0 radical (unpaired) electrons. The minimum absolute atomic E-state index is 0.0112. The molecule has 0 unspecified atom stereocenters. The molecule has 0 bridgehead atoms. The molecule has 0 saturated carbocycles. The summed E-state index contributed by atoms with van der Waals surface area (Å²) in [5, 5.41) is 21.8. The Morgan fingerprint density at radius 3 is 1.86 bits per heavy atom. The van der Waals surface area contributed by atoms with Crippen LogP contribution < -0.4 is 4.90 Å². The first kappa shape index (κ1) is 21.7. The third kappa shape index (κ3) is 4.59. The molecule has 29 heavy (non-hydrogen) atoms. The lowest BCUT2D eigenvalue weighted by atomic mass is 9.77. The van der Waals surface area contributed by atoms with Gasteiger partial charge in [0, 0.05) is 16.7 Å². The van der Waals surface area contributed by atoms with Gasteiger partial charge < -0.3 is 19.8 Å². The number of hydrogen-bond acceptors (Lipinski definition) is 3. The molecule has 2 aromatic rings. The molecule has 3 N–H and O–H groups in total. The van der Waals surface area contributed by atoms with Crippen LogP contribution >= 0.6 is 0 Å². The second kappa shape index (κ2) is 8.00. The van der Waals surface area contributed by atoms with Crippen LogP contribution in [0.3, 0.4) is 0 Å². The normalized spacial score (nSPS) is 17.3. The number of nitrogens with one attached hydrogen (secondary N) is 1. The Morgan fingerprint density at radius 1 is 0.862 bits per heavy atom. The smallest absolute Gasteiger partial charge is 0.143 e. The third-order valence-corrected chi connectivity index (χ3v) is 5.87. The molecule has 0 aliphatic carbocycles. The first-order valence-electron chi connectivity index (χ1n) is 10.6. The number of morpholine rings is 1. The Balaban J connectivity index is 2.26. The molecule has 4 nitrogen and oxygen atoms in total. The average molecular weight is 399 g/mol. The van der Waals surface area contributed by atoms with E-state index in [1.54, 1.807) is 6.07 Å².